The molecule has 0 amide bonds. The average molecular weight is 351 g/mol. The van der Waals surface area contributed by atoms with Crippen molar-refractivity contribution in [3.8, 4) is 0 Å². The fourth-order valence-electron chi connectivity index (χ4n) is 1.45. The summed E-state index contributed by atoms with van der Waals surface area (Å²) in [6.07, 6.45) is 0. The average Bonchev–Trinajstić information content (AvgIpc) is 2.33. The molecule has 0 atom stereocenters. The highest BCUT2D eigenvalue weighted by atomic mass is 79.9. The minimum atomic E-state index is -3.78. The zero-order chi connectivity index (χ0) is 14.8. The van der Waals surface area contributed by atoms with Crippen LogP contribution in [0.15, 0.2) is 21.5 Å². The van der Waals surface area contributed by atoms with Crippen molar-refractivity contribution in [3.63, 3.8) is 0 Å². The molecule has 6 nitrogen and oxygen atoms in total. The second kappa shape index (κ2) is 5.89. The molecule has 0 fully saturated rings. The van der Waals surface area contributed by atoms with Gasteiger partial charge < -0.3 is 10.5 Å². The normalized spacial score (nSPS) is 11.6. The Labute approximate surface area is 120 Å². The maximum atomic E-state index is 12.3. The van der Waals surface area contributed by atoms with Gasteiger partial charge in [-0.2, -0.15) is 4.31 Å². The van der Waals surface area contributed by atoms with Crippen LogP contribution in [0, 0.1) is 6.92 Å². The molecule has 0 aromatic heterocycles. The van der Waals surface area contributed by atoms with Gasteiger partial charge in [0.25, 0.3) is 0 Å². The summed E-state index contributed by atoms with van der Waals surface area (Å²) in [5.41, 5.74) is 6.55. The topological polar surface area (TPSA) is 89.7 Å². The molecule has 0 aliphatic carbocycles. The van der Waals surface area contributed by atoms with E-state index in [-0.39, 0.29) is 11.4 Å². The number of carbonyl (C=O) groups is 1. The smallest absolute Gasteiger partial charge is 0.321 e. The van der Waals surface area contributed by atoms with Crippen molar-refractivity contribution in [2.24, 2.45) is 0 Å². The number of rotatable bonds is 4. The maximum absolute atomic E-state index is 12.3. The molecule has 2 N–H and O–H groups in total. The number of nitrogens with two attached hydrogens (primary N) is 1. The maximum Gasteiger partial charge on any atom is 0.321 e. The Morgan fingerprint density at radius 2 is 2.05 bits per heavy atom. The fraction of sp³-hybridized carbons (Fsp3) is 0.364. The lowest BCUT2D eigenvalue weighted by Gasteiger charge is -2.18. The number of ether oxygens (including phenoxy) is 1. The van der Waals surface area contributed by atoms with Gasteiger partial charge in [-0.25, -0.2) is 8.42 Å². The highest BCUT2D eigenvalue weighted by molar-refractivity contribution is 9.10. The summed E-state index contributed by atoms with van der Waals surface area (Å²) in [4.78, 5) is 11.2. The molecule has 0 spiro atoms. The summed E-state index contributed by atoms with van der Waals surface area (Å²) in [6, 6.07) is 2.98. The van der Waals surface area contributed by atoms with Crippen molar-refractivity contribution < 1.29 is 17.9 Å². The third kappa shape index (κ3) is 3.46. The first kappa shape index (κ1) is 15.9. The van der Waals surface area contributed by atoms with E-state index in [1.807, 2.05) is 0 Å². The van der Waals surface area contributed by atoms with Crippen molar-refractivity contribution >= 4 is 37.6 Å². The van der Waals surface area contributed by atoms with Crippen LogP contribution in [0.25, 0.3) is 0 Å². The number of carbonyl (C=O) groups excluding carboxylic acids is 1. The second-order valence-electron chi connectivity index (χ2n) is 3.98. The lowest BCUT2D eigenvalue weighted by Crippen LogP contribution is -2.33. The summed E-state index contributed by atoms with van der Waals surface area (Å²) in [6.45, 7) is 1.30. The van der Waals surface area contributed by atoms with E-state index < -0.39 is 16.0 Å². The van der Waals surface area contributed by atoms with Crippen molar-refractivity contribution in [3.05, 3.63) is 22.2 Å². The molecule has 19 heavy (non-hydrogen) atoms. The zero-order valence-electron chi connectivity index (χ0n) is 10.8. The summed E-state index contributed by atoms with van der Waals surface area (Å²) in [5, 5.41) is 0. The monoisotopic (exact) mass is 350 g/mol. The van der Waals surface area contributed by atoms with Crippen LogP contribution >= 0.6 is 15.9 Å². The van der Waals surface area contributed by atoms with E-state index in [0.717, 1.165) is 4.31 Å². The van der Waals surface area contributed by atoms with Gasteiger partial charge in [-0.3, -0.25) is 4.79 Å². The largest absolute Gasteiger partial charge is 0.468 e. The van der Waals surface area contributed by atoms with Crippen molar-refractivity contribution in [1.82, 2.24) is 4.31 Å². The van der Waals surface area contributed by atoms with Crippen LogP contribution in [0.4, 0.5) is 5.69 Å². The summed E-state index contributed by atoms with van der Waals surface area (Å²) in [7, 11) is -1.27. The van der Waals surface area contributed by atoms with Gasteiger partial charge >= 0.3 is 5.97 Å². The van der Waals surface area contributed by atoms with E-state index >= 15 is 0 Å². The van der Waals surface area contributed by atoms with Crippen LogP contribution in [0.1, 0.15) is 5.56 Å². The zero-order valence-corrected chi connectivity index (χ0v) is 13.2. The molecule has 1 rings (SSSR count). The molecule has 0 saturated heterocycles. The molecule has 0 aliphatic heterocycles. The van der Waals surface area contributed by atoms with Crippen LogP contribution in [0.5, 0.6) is 0 Å². The van der Waals surface area contributed by atoms with E-state index in [1.165, 1.54) is 20.2 Å². The van der Waals surface area contributed by atoms with Crippen molar-refractivity contribution in [1.29, 1.82) is 0 Å². The molecular weight excluding hydrogens is 336 g/mol. The third-order valence-electron chi connectivity index (χ3n) is 2.56. The van der Waals surface area contributed by atoms with Gasteiger partial charge in [0.2, 0.25) is 10.0 Å². The van der Waals surface area contributed by atoms with E-state index in [1.54, 1.807) is 13.0 Å². The first-order valence-electron chi connectivity index (χ1n) is 5.29. The van der Waals surface area contributed by atoms with Crippen LogP contribution < -0.4 is 5.73 Å². The van der Waals surface area contributed by atoms with Gasteiger partial charge in [-0.1, -0.05) is 0 Å². The van der Waals surface area contributed by atoms with Gasteiger partial charge in [0, 0.05) is 17.2 Å². The van der Waals surface area contributed by atoms with E-state index in [4.69, 9.17) is 5.73 Å². The van der Waals surface area contributed by atoms with Crippen LogP contribution in [0.3, 0.4) is 0 Å². The number of esters is 1. The minimum Gasteiger partial charge on any atom is -0.468 e. The number of benzene rings is 1. The molecule has 0 radical (unpaired) electrons. The van der Waals surface area contributed by atoms with Gasteiger partial charge in [0.05, 0.1) is 12.0 Å². The quantitative estimate of drug-likeness (QED) is 0.649. The molecule has 0 saturated carbocycles. The summed E-state index contributed by atoms with van der Waals surface area (Å²) >= 11 is 3.23. The SMILES string of the molecule is COC(=O)CN(C)S(=O)(=O)c1cc(N)c(Br)cc1C. The molecule has 0 aliphatic rings. The molecule has 106 valence electrons. The molecule has 0 unspecified atom stereocenters. The summed E-state index contributed by atoms with van der Waals surface area (Å²) in [5.74, 6) is -0.631. The highest BCUT2D eigenvalue weighted by Crippen LogP contribution is 2.28. The lowest BCUT2D eigenvalue weighted by atomic mass is 10.2. The second-order valence-corrected chi connectivity index (χ2v) is 6.84. The number of nitrogens with zero attached hydrogens (tertiary/aromatic N) is 1. The number of hydrogen-bond acceptors (Lipinski definition) is 5. The first-order chi connectivity index (χ1) is 8.70. The van der Waals surface area contributed by atoms with Gasteiger partial charge in [0.1, 0.15) is 6.54 Å². The Morgan fingerprint density at radius 3 is 2.58 bits per heavy atom. The molecule has 1 aromatic carbocycles. The molecular formula is C11H15BrN2O4S. The summed E-state index contributed by atoms with van der Waals surface area (Å²) < 4.78 is 30.6. The molecule has 0 bridgehead atoms. The Kier molecular flexibility index (Phi) is 4.94. The Balaban J connectivity index is 3.20. The fourth-order valence-corrected chi connectivity index (χ4v) is 3.26. The van der Waals surface area contributed by atoms with Crippen molar-refractivity contribution in [2.45, 2.75) is 11.8 Å². The molecule has 1 aromatic rings. The van der Waals surface area contributed by atoms with E-state index in [9.17, 15) is 13.2 Å². The van der Waals surface area contributed by atoms with Crippen LogP contribution in [-0.2, 0) is 19.6 Å². The Bertz CT molecular complexity index is 601. The van der Waals surface area contributed by atoms with Gasteiger partial charge in [0.15, 0.2) is 0 Å². The standard InChI is InChI=1S/C11H15BrN2O4S/c1-7-4-8(12)9(13)5-10(7)19(16,17)14(2)6-11(15)18-3/h4-5H,6,13H2,1-3H3. The van der Waals surface area contributed by atoms with Gasteiger partial charge in [-0.15, -0.1) is 0 Å². The number of anilines is 1. The number of aryl methyl sites for hydroxylation is 1. The van der Waals surface area contributed by atoms with Crippen LogP contribution in [-0.4, -0.2) is 39.4 Å². The number of sulfonamides is 1. The molecule has 0 heterocycles. The lowest BCUT2D eigenvalue weighted by molar-refractivity contribution is -0.140. The van der Waals surface area contributed by atoms with E-state index in [2.05, 4.69) is 20.7 Å². The van der Waals surface area contributed by atoms with Gasteiger partial charge in [-0.05, 0) is 40.5 Å². The molecule has 8 heteroatoms. The third-order valence-corrected chi connectivity index (χ3v) is 5.19. The number of methoxy groups -OCH3 is 1. The predicted molar refractivity (Wildman–Crippen MR) is 75.1 cm³/mol. The number of halogens is 1. The Morgan fingerprint density at radius 1 is 1.47 bits per heavy atom. The Hall–Kier alpha value is -1.12. The van der Waals surface area contributed by atoms with Crippen molar-refractivity contribution in [2.75, 3.05) is 26.4 Å². The minimum absolute atomic E-state index is 0.0691. The highest BCUT2D eigenvalue weighted by Gasteiger charge is 2.25. The number of nitrogen functional groups attached to an aromatic ring is 1. The predicted octanol–water partition coefficient (Wildman–Crippen LogP) is 1.13. The van der Waals surface area contributed by atoms with Crippen LogP contribution in [0.2, 0.25) is 0 Å². The number of likely N-dealkylation sites (N-methyl/N-ethyl adjacent to an activating group) is 1. The van der Waals surface area contributed by atoms with E-state index in [0.29, 0.717) is 15.7 Å². The first-order valence-corrected chi connectivity index (χ1v) is 7.52. The number of hydrogen-bond donors (Lipinski definition) is 1.